The Morgan fingerprint density at radius 1 is 1.37 bits per heavy atom. The van der Waals surface area contributed by atoms with Gasteiger partial charge < -0.3 is 10.2 Å². The number of nitrogens with zero attached hydrogens (tertiary/aromatic N) is 1. The Morgan fingerprint density at radius 3 is 2.68 bits per heavy atom. The molecule has 1 fully saturated rings. The molecule has 0 aliphatic carbocycles. The van der Waals surface area contributed by atoms with Gasteiger partial charge in [0, 0.05) is 12.6 Å². The third-order valence-electron chi connectivity index (χ3n) is 3.57. The van der Waals surface area contributed by atoms with Crippen LogP contribution < -0.4 is 5.32 Å². The van der Waals surface area contributed by atoms with Gasteiger partial charge in [0.2, 0.25) is 0 Å². The van der Waals surface area contributed by atoms with E-state index in [0.29, 0.717) is 12.5 Å². The third-order valence-corrected chi connectivity index (χ3v) is 3.57. The number of nitrogens with one attached hydrogen (secondary N) is 1. The number of amides is 1. The zero-order valence-corrected chi connectivity index (χ0v) is 11.0. The Kier molecular flexibility index (Phi) is 4.47. The van der Waals surface area contributed by atoms with Crippen molar-refractivity contribution >= 4 is 5.91 Å². The van der Waals surface area contributed by atoms with Crippen molar-refractivity contribution in [2.45, 2.75) is 12.8 Å². The Bertz CT molecular complexity index is 457. The number of halogens is 2. The van der Waals surface area contributed by atoms with Gasteiger partial charge in [-0.2, -0.15) is 0 Å². The molecular weight excluding hydrogens is 250 g/mol. The number of rotatable bonds is 3. The number of hydrogen-bond donors (Lipinski definition) is 1. The molecule has 0 saturated carbocycles. The maximum atomic E-state index is 13.4. The van der Waals surface area contributed by atoms with E-state index in [1.165, 1.54) is 6.07 Å². The van der Waals surface area contributed by atoms with Crippen LogP contribution in [0.5, 0.6) is 0 Å². The topological polar surface area (TPSA) is 32.3 Å². The highest BCUT2D eigenvalue weighted by molar-refractivity contribution is 5.94. The van der Waals surface area contributed by atoms with E-state index in [1.807, 2.05) is 0 Å². The van der Waals surface area contributed by atoms with Gasteiger partial charge >= 0.3 is 0 Å². The molecular formula is C14H18F2N2O. The highest BCUT2D eigenvalue weighted by atomic mass is 19.1. The summed E-state index contributed by atoms with van der Waals surface area (Å²) in [5.74, 6) is -1.54. The second-order valence-electron chi connectivity index (χ2n) is 5.08. The van der Waals surface area contributed by atoms with Crippen LogP contribution in [-0.4, -0.2) is 37.5 Å². The van der Waals surface area contributed by atoms with E-state index in [4.69, 9.17) is 0 Å². The molecule has 0 spiro atoms. The molecule has 0 aromatic heterocycles. The molecule has 2 rings (SSSR count). The molecule has 1 saturated heterocycles. The second kappa shape index (κ2) is 6.10. The Morgan fingerprint density at radius 2 is 2.05 bits per heavy atom. The molecule has 1 N–H and O–H groups in total. The minimum Gasteiger partial charge on any atom is -0.352 e. The average molecular weight is 268 g/mol. The zero-order chi connectivity index (χ0) is 13.8. The van der Waals surface area contributed by atoms with Gasteiger partial charge in [-0.05, 0) is 51.0 Å². The van der Waals surface area contributed by atoms with Gasteiger partial charge in [-0.15, -0.1) is 0 Å². The van der Waals surface area contributed by atoms with E-state index in [-0.39, 0.29) is 5.56 Å². The van der Waals surface area contributed by atoms with Crippen molar-refractivity contribution in [3.63, 3.8) is 0 Å². The summed E-state index contributed by atoms with van der Waals surface area (Å²) in [7, 11) is 2.07. The van der Waals surface area contributed by atoms with Crippen LogP contribution in [0.15, 0.2) is 18.2 Å². The Hall–Kier alpha value is -1.49. The van der Waals surface area contributed by atoms with Crippen molar-refractivity contribution < 1.29 is 13.6 Å². The van der Waals surface area contributed by atoms with Gasteiger partial charge in [-0.1, -0.05) is 0 Å². The number of hydrogen-bond acceptors (Lipinski definition) is 2. The molecule has 1 aromatic carbocycles. The summed E-state index contributed by atoms with van der Waals surface area (Å²) in [6.45, 7) is 2.58. The van der Waals surface area contributed by atoms with Crippen LogP contribution in [0, 0.1) is 17.6 Å². The maximum Gasteiger partial charge on any atom is 0.254 e. The van der Waals surface area contributed by atoms with Crippen molar-refractivity contribution in [2.75, 3.05) is 26.7 Å². The summed E-state index contributed by atoms with van der Waals surface area (Å²) in [5.41, 5.74) is -0.102. The van der Waals surface area contributed by atoms with E-state index in [1.54, 1.807) is 0 Å². The van der Waals surface area contributed by atoms with E-state index < -0.39 is 17.5 Å². The number of carbonyl (C=O) groups is 1. The average Bonchev–Trinajstić information content (AvgIpc) is 2.37. The Labute approximate surface area is 111 Å². The number of carbonyl (C=O) groups excluding carboxylic acids is 1. The van der Waals surface area contributed by atoms with E-state index in [9.17, 15) is 13.6 Å². The summed E-state index contributed by atoms with van der Waals surface area (Å²) in [4.78, 5) is 14.0. The third kappa shape index (κ3) is 3.73. The fourth-order valence-electron chi connectivity index (χ4n) is 2.27. The highest BCUT2D eigenvalue weighted by Gasteiger charge is 2.18. The monoisotopic (exact) mass is 268 g/mol. The van der Waals surface area contributed by atoms with Crippen LogP contribution >= 0.6 is 0 Å². The van der Waals surface area contributed by atoms with Crippen LogP contribution in [0.2, 0.25) is 0 Å². The molecule has 5 heteroatoms. The standard InChI is InChI=1S/C14H18F2N2O/c1-18-6-4-10(5-7-18)9-17-14(19)12-3-2-11(15)8-13(12)16/h2-3,8,10H,4-7,9H2,1H3,(H,17,19). The van der Waals surface area contributed by atoms with Gasteiger partial charge in [0.1, 0.15) is 11.6 Å². The predicted molar refractivity (Wildman–Crippen MR) is 68.9 cm³/mol. The Balaban J connectivity index is 1.87. The van der Waals surface area contributed by atoms with E-state index >= 15 is 0 Å². The first-order valence-corrected chi connectivity index (χ1v) is 6.48. The van der Waals surface area contributed by atoms with Crippen LogP contribution in [0.25, 0.3) is 0 Å². The molecule has 0 atom stereocenters. The van der Waals surface area contributed by atoms with Crippen LogP contribution in [0.1, 0.15) is 23.2 Å². The normalized spacial score (nSPS) is 17.4. The van der Waals surface area contributed by atoms with Gasteiger partial charge in [0.05, 0.1) is 5.56 Å². The van der Waals surface area contributed by atoms with Gasteiger partial charge in [-0.25, -0.2) is 8.78 Å². The molecule has 104 valence electrons. The van der Waals surface area contributed by atoms with Crippen LogP contribution in [-0.2, 0) is 0 Å². The fraction of sp³-hybridized carbons (Fsp3) is 0.500. The van der Waals surface area contributed by atoms with Crippen LogP contribution in [0.3, 0.4) is 0 Å². The minimum absolute atomic E-state index is 0.102. The molecule has 1 aromatic rings. The summed E-state index contributed by atoms with van der Waals surface area (Å²) in [6.07, 6.45) is 2.06. The smallest absolute Gasteiger partial charge is 0.254 e. The second-order valence-corrected chi connectivity index (χ2v) is 5.08. The minimum atomic E-state index is -0.819. The highest BCUT2D eigenvalue weighted by Crippen LogP contribution is 2.15. The fourth-order valence-corrected chi connectivity index (χ4v) is 2.27. The summed E-state index contributed by atoms with van der Waals surface area (Å²) >= 11 is 0. The SMILES string of the molecule is CN1CCC(CNC(=O)c2ccc(F)cc2F)CC1. The first-order valence-electron chi connectivity index (χ1n) is 6.48. The molecule has 19 heavy (non-hydrogen) atoms. The summed E-state index contributed by atoms with van der Waals surface area (Å²) < 4.78 is 26.2. The molecule has 0 bridgehead atoms. The predicted octanol–water partition coefficient (Wildman–Crippen LogP) is 2.04. The first kappa shape index (κ1) is 13.9. The largest absolute Gasteiger partial charge is 0.352 e. The molecule has 1 aliphatic rings. The molecule has 1 heterocycles. The lowest BCUT2D eigenvalue weighted by Crippen LogP contribution is -2.37. The van der Waals surface area contributed by atoms with Gasteiger partial charge in [0.25, 0.3) is 5.91 Å². The molecule has 0 unspecified atom stereocenters. The van der Waals surface area contributed by atoms with Crippen LogP contribution in [0.4, 0.5) is 8.78 Å². The van der Waals surface area contributed by atoms with Gasteiger partial charge in [0.15, 0.2) is 0 Å². The number of likely N-dealkylation sites (tertiary alicyclic amines) is 1. The summed E-state index contributed by atoms with van der Waals surface area (Å²) in [6, 6.07) is 2.99. The number of benzene rings is 1. The molecule has 1 aliphatic heterocycles. The maximum absolute atomic E-state index is 13.4. The van der Waals surface area contributed by atoms with Crippen molar-refractivity contribution in [1.82, 2.24) is 10.2 Å². The lowest BCUT2D eigenvalue weighted by Gasteiger charge is -2.28. The van der Waals surface area contributed by atoms with Crippen molar-refractivity contribution in [3.8, 4) is 0 Å². The lowest BCUT2D eigenvalue weighted by molar-refractivity contribution is 0.0935. The lowest BCUT2D eigenvalue weighted by atomic mass is 9.97. The van der Waals surface area contributed by atoms with Crippen molar-refractivity contribution in [2.24, 2.45) is 5.92 Å². The zero-order valence-electron chi connectivity index (χ0n) is 11.0. The molecule has 1 amide bonds. The van der Waals surface area contributed by atoms with Crippen molar-refractivity contribution in [1.29, 1.82) is 0 Å². The molecule has 0 radical (unpaired) electrons. The van der Waals surface area contributed by atoms with Gasteiger partial charge in [-0.3, -0.25) is 4.79 Å². The first-order chi connectivity index (χ1) is 9.06. The van der Waals surface area contributed by atoms with E-state index in [0.717, 1.165) is 38.1 Å². The quantitative estimate of drug-likeness (QED) is 0.910. The summed E-state index contributed by atoms with van der Waals surface area (Å²) in [5, 5.41) is 2.72. The number of piperidine rings is 1. The molecule has 3 nitrogen and oxygen atoms in total. The van der Waals surface area contributed by atoms with E-state index in [2.05, 4.69) is 17.3 Å². The van der Waals surface area contributed by atoms with Crippen molar-refractivity contribution in [3.05, 3.63) is 35.4 Å².